The van der Waals surface area contributed by atoms with E-state index in [1.807, 2.05) is 0 Å². The average molecular weight is 406 g/mol. The predicted molar refractivity (Wildman–Crippen MR) is 107 cm³/mol. The minimum Gasteiger partial charge on any atom is -0.444 e. The van der Waals surface area contributed by atoms with E-state index in [0.717, 1.165) is 4.57 Å². The first kappa shape index (κ1) is 21.3. The Morgan fingerprint density at radius 2 is 2.07 bits per heavy atom. The van der Waals surface area contributed by atoms with E-state index >= 15 is 0 Å². The topological polar surface area (TPSA) is 110 Å². The lowest BCUT2D eigenvalue weighted by Gasteiger charge is -2.31. The van der Waals surface area contributed by atoms with E-state index in [0.29, 0.717) is 18.7 Å². The van der Waals surface area contributed by atoms with E-state index in [1.54, 1.807) is 20.8 Å². The predicted octanol–water partition coefficient (Wildman–Crippen LogP) is 3.02. The van der Waals surface area contributed by atoms with Crippen LogP contribution < -0.4 is 5.56 Å². The number of nitrogens with one attached hydrogen (secondary N) is 1. The first-order valence-electron chi connectivity index (χ1n) is 8.48. The molecule has 0 saturated carbocycles. The van der Waals surface area contributed by atoms with Gasteiger partial charge in [-0.1, -0.05) is 12.7 Å². The fraction of sp³-hybridized carbons (Fsp3) is 0.389. The molecule has 1 aliphatic heterocycles. The number of aromatic amines is 1. The molecule has 0 atom stereocenters. The average Bonchev–Trinajstić information content (AvgIpc) is 2.58. The lowest BCUT2D eigenvalue weighted by molar-refractivity contribution is -0.416. The summed E-state index contributed by atoms with van der Waals surface area (Å²) < 4.78 is 6.37. The molecule has 1 aromatic rings. The van der Waals surface area contributed by atoms with Crippen molar-refractivity contribution in [1.82, 2.24) is 14.5 Å². The Labute approximate surface area is 166 Å². The molecule has 1 amide bonds. The second-order valence-electron chi connectivity index (χ2n) is 7.17. The smallest absolute Gasteiger partial charge is 0.410 e. The van der Waals surface area contributed by atoms with Gasteiger partial charge < -0.3 is 14.6 Å². The van der Waals surface area contributed by atoms with Gasteiger partial charge in [-0.25, -0.2) is 9.36 Å². The maximum atomic E-state index is 13.1. The van der Waals surface area contributed by atoms with Gasteiger partial charge in [-0.2, -0.15) is 0 Å². The fourth-order valence-electron chi connectivity index (χ4n) is 2.72. The summed E-state index contributed by atoms with van der Waals surface area (Å²) in [6.45, 7) is 12.5. The molecule has 0 fully saturated rings. The Hall–Kier alpha value is -3.01. The summed E-state index contributed by atoms with van der Waals surface area (Å²) in [7, 11) is 0. The third-order valence-electron chi connectivity index (χ3n) is 3.95. The molecule has 0 bridgehead atoms. The minimum atomic E-state index is -0.705. The van der Waals surface area contributed by atoms with E-state index in [9.17, 15) is 19.7 Å². The van der Waals surface area contributed by atoms with Crippen LogP contribution in [-0.4, -0.2) is 37.6 Å². The van der Waals surface area contributed by atoms with Crippen molar-refractivity contribution in [2.24, 2.45) is 0 Å². The number of H-pyrrole nitrogens is 1. The van der Waals surface area contributed by atoms with Crippen molar-refractivity contribution in [3.8, 4) is 0 Å². The minimum absolute atomic E-state index is 0.00149. The second-order valence-corrected chi connectivity index (χ2v) is 7.56. The van der Waals surface area contributed by atoms with Crippen LogP contribution in [0.2, 0.25) is 0 Å². The first-order chi connectivity index (χ1) is 13.0. The number of aromatic nitrogens is 2. The first-order valence-corrected chi connectivity index (χ1v) is 8.89. The van der Waals surface area contributed by atoms with Gasteiger partial charge in [0.1, 0.15) is 11.3 Å². The highest BCUT2D eigenvalue weighted by Crippen LogP contribution is 2.20. The molecule has 0 saturated heterocycles. The van der Waals surface area contributed by atoms with Crippen LogP contribution in [0.1, 0.15) is 32.0 Å². The number of allylic oxidation sites excluding steroid dienone is 3. The van der Waals surface area contributed by atoms with Gasteiger partial charge in [-0.3, -0.25) is 14.9 Å². The van der Waals surface area contributed by atoms with Crippen molar-refractivity contribution in [2.45, 2.75) is 39.3 Å². The summed E-state index contributed by atoms with van der Waals surface area (Å²) in [6.07, 6.45) is 2.43. The third-order valence-corrected chi connectivity index (χ3v) is 4.24. The summed E-state index contributed by atoms with van der Waals surface area (Å²) in [4.78, 5) is 40.3. The van der Waals surface area contributed by atoms with Crippen LogP contribution >= 0.6 is 12.2 Å². The number of fused-ring (bicyclic) bond motifs is 1. The highest BCUT2D eigenvalue weighted by atomic mass is 32.1. The summed E-state index contributed by atoms with van der Waals surface area (Å²) in [5.74, 6) is 0. The molecule has 1 aliphatic rings. The van der Waals surface area contributed by atoms with E-state index in [2.05, 4.69) is 18.1 Å². The Morgan fingerprint density at radius 1 is 1.43 bits per heavy atom. The third kappa shape index (κ3) is 4.45. The molecule has 28 heavy (non-hydrogen) atoms. The molecule has 1 aromatic heterocycles. The van der Waals surface area contributed by atoms with Crippen LogP contribution in [0.4, 0.5) is 4.79 Å². The Bertz CT molecular complexity index is 997. The monoisotopic (exact) mass is 406 g/mol. The second kappa shape index (κ2) is 7.93. The van der Waals surface area contributed by atoms with Gasteiger partial charge in [0.15, 0.2) is 4.77 Å². The summed E-state index contributed by atoms with van der Waals surface area (Å²) in [5, 5.41) is 11.2. The van der Waals surface area contributed by atoms with Crippen LogP contribution in [0.5, 0.6) is 0 Å². The molecule has 2 rings (SSSR count). The SMILES string of the molecule is C=C/C=C(\C(=C)[N+](=O)[O-])n1c(=S)[nH]c2c(c1=O)CN(C(=O)OC(C)(C)C)CC2. The molecule has 0 unspecified atom stereocenters. The molecule has 0 spiro atoms. The fourth-order valence-corrected chi connectivity index (χ4v) is 3.02. The summed E-state index contributed by atoms with van der Waals surface area (Å²) in [5.41, 5.74) is -0.933. The summed E-state index contributed by atoms with van der Waals surface area (Å²) in [6, 6.07) is 0. The van der Waals surface area contributed by atoms with E-state index in [-0.39, 0.29) is 22.6 Å². The molecular formula is C18H22N4O5S. The lowest BCUT2D eigenvalue weighted by atomic mass is 10.1. The maximum absolute atomic E-state index is 13.1. The van der Waals surface area contributed by atoms with Gasteiger partial charge in [0.25, 0.3) is 11.3 Å². The zero-order chi connectivity index (χ0) is 21.2. The number of amides is 1. The molecule has 0 radical (unpaired) electrons. The molecule has 9 nitrogen and oxygen atoms in total. The Morgan fingerprint density at radius 3 is 2.61 bits per heavy atom. The van der Waals surface area contributed by atoms with Crippen LogP contribution in [0.3, 0.4) is 0 Å². The number of hydrogen-bond donors (Lipinski definition) is 1. The van der Waals surface area contributed by atoms with E-state index in [1.165, 1.54) is 17.1 Å². The number of ether oxygens (including phenoxy) is 1. The lowest BCUT2D eigenvalue weighted by Crippen LogP contribution is -2.43. The number of carbonyl (C=O) groups is 1. The standard InChI is InChI=1S/C18H22N4O5S/c1-6-7-14(11(2)22(25)26)21-15(23)12-10-20(17(24)27-18(3,4)5)9-8-13(12)19-16(21)28/h6-7H,1-2,8-10H2,3-5H3,(H,19,28)/b14-7+. The Kier molecular flexibility index (Phi) is 6.03. The number of nitrogens with zero attached hydrogens (tertiary/aromatic N) is 3. The highest BCUT2D eigenvalue weighted by molar-refractivity contribution is 7.71. The van der Waals surface area contributed by atoms with Crippen molar-refractivity contribution in [3.63, 3.8) is 0 Å². The van der Waals surface area contributed by atoms with Gasteiger partial charge in [0.05, 0.1) is 17.0 Å². The van der Waals surface area contributed by atoms with Crippen molar-refractivity contribution in [3.05, 3.63) is 67.5 Å². The van der Waals surface area contributed by atoms with Gasteiger partial charge in [0, 0.05) is 18.7 Å². The summed E-state index contributed by atoms with van der Waals surface area (Å²) >= 11 is 5.24. The number of rotatable bonds is 4. The quantitative estimate of drug-likeness (QED) is 0.356. The van der Waals surface area contributed by atoms with E-state index < -0.39 is 27.9 Å². The van der Waals surface area contributed by atoms with Crippen molar-refractivity contribution >= 4 is 24.0 Å². The van der Waals surface area contributed by atoms with Crippen LogP contribution in [0.15, 0.2) is 35.8 Å². The highest BCUT2D eigenvalue weighted by Gasteiger charge is 2.29. The van der Waals surface area contributed by atoms with Gasteiger partial charge >= 0.3 is 6.09 Å². The molecule has 2 heterocycles. The molecule has 0 aliphatic carbocycles. The van der Waals surface area contributed by atoms with Crippen LogP contribution in [0.25, 0.3) is 5.70 Å². The van der Waals surface area contributed by atoms with Crippen molar-refractivity contribution in [1.29, 1.82) is 0 Å². The van der Waals surface area contributed by atoms with Crippen LogP contribution in [0, 0.1) is 14.9 Å². The molecule has 1 N–H and O–H groups in total. The number of carbonyl (C=O) groups excluding carboxylic acids is 1. The zero-order valence-corrected chi connectivity index (χ0v) is 16.8. The molecule has 0 aromatic carbocycles. The van der Waals surface area contributed by atoms with E-state index in [4.69, 9.17) is 17.0 Å². The number of nitro groups is 1. The normalized spacial score (nSPS) is 14.2. The van der Waals surface area contributed by atoms with Gasteiger partial charge in [-0.15, -0.1) is 0 Å². The Balaban J connectivity index is 2.53. The molecule has 150 valence electrons. The molecular weight excluding hydrogens is 384 g/mol. The van der Waals surface area contributed by atoms with Crippen molar-refractivity contribution in [2.75, 3.05) is 6.54 Å². The maximum Gasteiger partial charge on any atom is 0.410 e. The number of hydrogen-bond acceptors (Lipinski definition) is 6. The molecule has 10 heteroatoms. The van der Waals surface area contributed by atoms with Gasteiger partial charge in [0.2, 0.25) is 0 Å². The largest absolute Gasteiger partial charge is 0.444 e. The zero-order valence-electron chi connectivity index (χ0n) is 16.0. The van der Waals surface area contributed by atoms with Gasteiger partial charge in [-0.05, 0) is 45.6 Å². The van der Waals surface area contributed by atoms with Crippen molar-refractivity contribution < 1.29 is 14.5 Å². The van der Waals surface area contributed by atoms with Crippen LogP contribution in [-0.2, 0) is 17.7 Å².